The molecule has 0 fully saturated rings. The summed E-state index contributed by atoms with van der Waals surface area (Å²) in [4.78, 5) is 23.8. The normalized spacial score (nSPS) is 12.1. The van der Waals surface area contributed by atoms with E-state index in [1.54, 1.807) is 0 Å². The van der Waals surface area contributed by atoms with E-state index in [-0.39, 0.29) is 16.6 Å². The summed E-state index contributed by atoms with van der Waals surface area (Å²) in [5.41, 5.74) is -0.866. The Bertz CT molecular complexity index is 1030. The van der Waals surface area contributed by atoms with Crippen LogP contribution in [0.5, 0.6) is 0 Å². The predicted molar refractivity (Wildman–Crippen MR) is 107 cm³/mol. The highest BCUT2D eigenvalue weighted by Crippen LogP contribution is 2.31. The quantitative estimate of drug-likeness (QED) is 0.436. The van der Waals surface area contributed by atoms with Crippen molar-refractivity contribution < 1.29 is 31.2 Å². The van der Waals surface area contributed by atoms with Crippen LogP contribution in [0.3, 0.4) is 0 Å². The van der Waals surface area contributed by atoms with Gasteiger partial charge in [-0.25, -0.2) is 8.42 Å². The van der Waals surface area contributed by atoms with Crippen LogP contribution in [0.2, 0.25) is 0 Å². The highest BCUT2D eigenvalue weighted by Gasteiger charge is 2.30. The Morgan fingerprint density at radius 2 is 1.90 bits per heavy atom. The minimum atomic E-state index is -4.51. The van der Waals surface area contributed by atoms with Crippen LogP contribution in [0.25, 0.3) is 0 Å². The van der Waals surface area contributed by atoms with Gasteiger partial charge in [-0.3, -0.25) is 14.9 Å². The third-order valence-corrected chi connectivity index (χ3v) is 6.62. The molecule has 0 aliphatic carbocycles. The molecule has 2 aromatic rings. The standard InChI is InChI=1S/C15H16F3N5O4S3/c1-23(30(2,26)27)7-11(24)20-13-21-22-14(29-13)28-8-12(25)19-10-5-3-4-9(6-10)15(16,17)18/h3-6H,7-8H2,1-2H3,(H,19,25)(H,20,21,24). The molecule has 2 N–H and O–H groups in total. The number of carbonyl (C=O) groups excluding carboxylic acids is 2. The van der Waals surface area contributed by atoms with Gasteiger partial charge >= 0.3 is 6.18 Å². The summed E-state index contributed by atoms with van der Waals surface area (Å²) in [5.74, 6) is -1.30. The van der Waals surface area contributed by atoms with Crippen molar-refractivity contribution in [3.8, 4) is 0 Å². The Morgan fingerprint density at radius 1 is 1.20 bits per heavy atom. The minimum Gasteiger partial charge on any atom is -0.325 e. The number of anilines is 2. The maximum Gasteiger partial charge on any atom is 0.416 e. The fourth-order valence-electron chi connectivity index (χ4n) is 1.89. The molecule has 0 aliphatic rings. The van der Waals surface area contributed by atoms with Crippen LogP contribution < -0.4 is 10.6 Å². The summed E-state index contributed by atoms with van der Waals surface area (Å²) in [6.07, 6.45) is -3.55. The first-order valence-corrected chi connectivity index (χ1v) is 11.6. The summed E-state index contributed by atoms with van der Waals surface area (Å²) in [7, 11) is -2.26. The van der Waals surface area contributed by atoms with E-state index in [0.29, 0.717) is 4.34 Å². The molecule has 0 radical (unpaired) electrons. The number of hydrogen-bond acceptors (Lipinski definition) is 8. The van der Waals surface area contributed by atoms with Gasteiger partial charge in [0.1, 0.15) is 0 Å². The molecular formula is C15H16F3N5O4S3. The SMILES string of the molecule is CN(CC(=O)Nc1nnc(SCC(=O)Nc2cccc(C(F)(F)F)c2)s1)S(C)(=O)=O. The molecule has 0 atom stereocenters. The largest absolute Gasteiger partial charge is 0.416 e. The van der Waals surface area contributed by atoms with Gasteiger partial charge in [-0.1, -0.05) is 29.2 Å². The van der Waals surface area contributed by atoms with Crippen LogP contribution in [0.1, 0.15) is 5.56 Å². The van der Waals surface area contributed by atoms with Gasteiger partial charge in [0.05, 0.1) is 24.1 Å². The molecule has 0 bridgehead atoms. The van der Waals surface area contributed by atoms with Crippen LogP contribution in [0.15, 0.2) is 28.6 Å². The van der Waals surface area contributed by atoms with Crippen LogP contribution >= 0.6 is 23.1 Å². The average molecular weight is 484 g/mol. The topological polar surface area (TPSA) is 121 Å². The fourth-order valence-corrected chi connectivity index (χ4v) is 3.81. The number of alkyl halides is 3. The van der Waals surface area contributed by atoms with Crippen molar-refractivity contribution in [3.63, 3.8) is 0 Å². The molecule has 0 unspecified atom stereocenters. The monoisotopic (exact) mass is 483 g/mol. The van der Waals surface area contributed by atoms with Crippen molar-refractivity contribution >= 4 is 55.8 Å². The van der Waals surface area contributed by atoms with Crippen molar-refractivity contribution in [1.82, 2.24) is 14.5 Å². The second-order valence-electron chi connectivity index (χ2n) is 5.86. The molecule has 0 spiro atoms. The third-order valence-electron chi connectivity index (χ3n) is 3.39. The Balaban J connectivity index is 1.85. The molecule has 0 aliphatic heterocycles. The van der Waals surface area contributed by atoms with Gasteiger partial charge < -0.3 is 5.32 Å². The van der Waals surface area contributed by atoms with E-state index in [4.69, 9.17) is 0 Å². The number of nitrogens with zero attached hydrogens (tertiary/aromatic N) is 3. The maximum absolute atomic E-state index is 12.7. The zero-order valence-electron chi connectivity index (χ0n) is 15.6. The summed E-state index contributed by atoms with van der Waals surface area (Å²) in [6, 6.07) is 4.25. The van der Waals surface area contributed by atoms with E-state index in [0.717, 1.165) is 45.8 Å². The van der Waals surface area contributed by atoms with Gasteiger partial charge in [-0.2, -0.15) is 17.5 Å². The summed E-state index contributed by atoms with van der Waals surface area (Å²) in [5, 5.41) is 12.4. The lowest BCUT2D eigenvalue weighted by Crippen LogP contribution is -2.34. The van der Waals surface area contributed by atoms with Crippen molar-refractivity contribution in [1.29, 1.82) is 0 Å². The van der Waals surface area contributed by atoms with Gasteiger partial charge in [0.25, 0.3) is 0 Å². The lowest BCUT2D eigenvalue weighted by Gasteiger charge is -2.12. The van der Waals surface area contributed by atoms with Crippen molar-refractivity contribution in [3.05, 3.63) is 29.8 Å². The second kappa shape index (κ2) is 9.72. The van der Waals surface area contributed by atoms with E-state index in [9.17, 15) is 31.2 Å². The molecule has 1 aromatic carbocycles. The molecule has 1 heterocycles. The van der Waals surface area contributed by atoms with Crippen molar-refractivity contribution in [2.24, 2.45) is 0 Å². The number of benzene rings is 1. The van der Waals surface area contributed by atoms with Crippen molar-refractivity contribution in [2.45, 2.75) is 10.5 Å². The summed E-state index contributed by atoms with van der Waals surface area (Å²) < 4.78 is 61.9. The van der Waals surface area contributed by atoms with E-state index in [1.807, 2.05) is 0 Å². The number of aromatic nitrogens is 2. The van der Waals surface area contributed by atoms with Gasteiger partial charge in [-0.05, 0) is 18.2 Å². The first kappa shape index (κ1) is 24.0. The van der Waals surface area contributed by atoms with E-state index >= 15 is 0 Å². The number of carbonyl (C=O) groups is 2. The summed E-state index contributed by atoms with van der Waals surface area (Å²) >= 11 is 1.94. The number of thioether (sulfide) groups is 1. The molecule has 0 saturated carbocycles. The summed E-state index contributed by atoms with van der Waals surface area (Å²) in [6.45, 7) is -0.402. The number of hydrogen-bond donors (Lipinski definition) is 2. The molecule has 1 aromatic heterocycles. The molecule has 30 heavy (non-hydrogen) atoms. The first-order valence-electron chi connectivity index (χ1n) is 7.99. The van der Waals surface area contributed by atoms with Gasteiger partial charge in [0.15, 0.2) is 4.34 Å². The Hall–Kier alpha value is -2.23. The van der Waals surface area contributed by atoms with Crippen LogP contribution in [-0.2, 0) is 25.8 Å². The molecule has 0 saturated heterocycles. The number of halogens is 3. The zero-order valence-corrected chi connectivity index (χ0v) is 18.0. The number of nitrogens with one attached hydrogen (secondary N) is 2. The number of amides is 2. The predicted octanol–water partition coefficient (Wildman–Crippen LogP) is 2.12. The lowest BCUT2D eigenvalue weighted by molar-refractivity contribution is -0.137. The Labute approximate surface area is 178 Å². The fraction of sp³-hybridized carbons (Fsp3) is 0.333. The molecule has 2 amide bonds. The highest BCUT2D eigenvalue weighted by atomic mass is 32.2. The van der Waals surface area contributed by atoms with Crippen LogP contribution in [0.4, 0.5) is 24.0 Å². The minimum absolute atomic E-state index is 0.00985. The van der Waals surface area contributed by atoms with Crippen LogP contribution in [0, 0.1) is 0 Å². The molecule has 15 heteroatoms. The van der Waals surface area contributed by atoms with E-state index in [2.05, 4.69) is 20.8 Å². The number of likely N-dealkylation sites (N-methyl/N-ethyl adjacent to an activating group) is 1. The van der Waals surface area contributed by atoms with Gasteiger partial charge in [-0.15, -0.1) is 10.2 Å². The highest BCUT2D eigenvalue weighted by molar-refractivity contribution is 8.01. The van der Waals surface area contributed by atoms with E-state index < -0.39 is 40.1 Å². The third kappa shape index (κ3) is 7.55. The Morgan fingerprint density at radius 3 is 2.53 bits per heavy atom. The zero-order chi connectivity index (χ0) is 22.5. The van der Waals surface area contributed by atoms with E-state index in [1.165, 1.54) is 19.2 Å². The molecule has 9 nitrogen and oxygen atoms in total. The van der Waals surface area contributed by atoms with Gasteiger partial charge in [0.2, 0.25) is 27.0 Å². The Kier molecular flexibility index (Phi) is 7.79. The van der Waals surface area contributed by atoms with Crippen LogP contribution in [-0.4, -0.2) is 60.3 Å². The number of rotatable bonds is 8. The van der Waals surface area contributed by atoms with Crippen molar-refractivity contribution in [2.75, 3.05) is 36.2 Å². The number of sulfonamides is 1. The average Bonchev–Trinajstić information content (AvgIpc) is 3.06. The molecule has 164 valence electrons. The second-order valence-corrected chi connectivity index (χ2v) is 10.1. The molecule has 2 rings (SSSR count). The smallest absolute Gasteiger partial charge is 0.325 e. The molecular weight excluding hydrogens is 467 g/mol. The first-order chi connectivity index (χ1) is 13.8. The maximum atomic E-state index is 12.7. The van der Waals surface area contributed by atoms with Gasteiger partial charge in [0, 0.05) is 12.7 Å². The lowest BCUT2D eigenvalue weighted by atomic mass is 10.2.